The van der Waals surface area contributed by atoms with Crippen LogP contribution in [0.15, 0.2) is 0 Å². The third kappa shape index (κ3) is 0.854. The second-order valence-corrected chi connectivity index (χ2v) is 1.93. The molecule has 0 spiro atoms. The first-order valence-electron chi connectivity index (χ1n) is 2.70. The van der Waals surface area contributed by atoms with E-state index in [2.05, 4.69) is 10.3 Å². The summed E-state index contributed by atoms with van der Waals surface area (Å²) in [6.45, 7) is 1.62. The largest absolute Gasteiger partial charge is 0.543 e. The van der Waals surface area contributed by atoms with E-state index in [4.69, 9.17) is 0 Å². The molecule has 0 aromatic carbocycles. The number of hydrogen-bond acceptors (Lipinski definition) is 4. The molecular weight excluding hydrogens is 134 g/mol. The van der Waals surface area contributed by atoms with Crippen molar-refractivity contribution in [1.82, 2.24) is 15.0 Å². The molecule has 5 nitrogen and oxygen atoms in total. The van der Waals surface area contributed by atoms with E-state index in [9.17, 15) is 9.90 Å². The minimum absolute atomic E-state index is 0.0949. The lowest BCUT2D eigenvalue weighted by atomic mass is 10.3. The van der Waals surface area contributed by atoms with E-state index in [0.29, 0.717) is 5.69 Å². The molecule has 10 heavy (non-hydrogen) atoms. The van der Waals surface area contributed by atoms with Gasteiger partial charge in [0.25, 0.3) is 0 Å². The lowest BCUT2D eigenvalue weighted by Crippen LogP contribution is -2.23. The lowest BCUT2D eigenvalue weighted by molar-refractivity contribution is -0.255. The zero-order chi connectivity index (χ0) is 7.72. The fraction of sp³-hybridized carbons (Fsp3) is 0.400. The first-order chi connectivity index (χ1) is 4.63. The Morgan fingerprint density at radius 2 is 2.30 bits per heavy atom. The van der Waals surface area contributed by atoms with E-state index in [1.807, 2.05) is 0 Å². The molecule has 0 saturated heterocycles. The molecule has 1 aromatic rings. The van der Waals surface area contributed by atoms with Crippen molar-refractivity contribution in [3.05, 3.63) is 11.4 Å². The number of hydrogen-bond donors (Lipinski definition) is 0. The molecule has 0 aliphatic carbocycles. The first-order valence-corrected chi connectivity index (χ1v) is 2.70. The molecule has 0 fully saturated rings. The number of aromatic nitrogens is 3. The quantitative estimate of drug-likeness (QED) is 0.475. The van der Waals surface area contributed by atoms with Crippen molar-refractivity contribution >= 4 is 5.97 Å². The molecule has 0 aliphatic heterocycles. The van der Waals surface area contributed by atoms with Crippen molar-refractivity contribution in [2.75, 3.05) is 0 Å². The zero-order valence-corrected chi connectivity index (χ0v) is 5.66. The predicted octanol–water partition coefficient (Wildman–Crippen LogP) is -1.51. The Bertz CT molecular complexity index is 266. The molecule has 0 atom stereocenters. The van der Waals surface area contributed by atoms with Crippen molar-refractivity contribution in [2.24, 2.45) is 7.05 Å². The highest BCUT2D eigenvalue weighted by Crippen LogP contribution is 1.98. The van der Waals surface area contributed by atoms with Gasteiger partial charge in [0.05, 0.1) is 11.7 Å². The fourth-order valence-electron chi connectivity index (χ4n) is 0.593. The molecular formula is C5H6N3O2-. The van der Waals surface area contributed by atoms with Gasteiger partial charge in [-0.3, -0.25) is 4.68 Å². The summed E-state index contributed by atoms with van der Waals surface area (Å²) < 4.78 is 1.38. The molecule has 54 valence electrons. The number of rotatable bonds is 1. The SMILES string of the molecule is Cc1c(C(=O)[O-])nnn1C. The summed E-state index contributed by atoms with van der Waals surface area (Å²) in [5.41, 5.74) is 0.405. The Labute approximate surface area is 57.3 Å². The van der Waals surface area contributed by atoms with Gasteiger partial charge in [0, 0.05) is 7.05 Å². The Hall–Kier alpha value is -1.39. The maximum atomic E-state index is 10.2. The van der Waals surface area contributed by atoms with Crippen LogP contribution in [0.1, 0.15) is 16.2 Å². The molecule has 0 unspecified atom stereocenters. The summed E-state index contributed by atoms with van der Waals surface area (Å²) in [5, 5.41) is 17.1. The van der Waals surface area contributed by atoms with Crippen molar-refractivity contribution in [3.8, 4) is 0 Å². The number of nitrogens with zero attached hydrogens (tertiary/aromatic N) is 3. The van der Waals surface area contributed by atoms with Crippen LogP contribution in [0.2, 0.25) is 0 Å². The van der Waals surface area contributed by atoms with E-state index >= 15 is 0 Å². The monoisotopic (exact) mass is 140 g/mol. The molecule has 0 amide bonds. The lowest BCUT2D eigenvalue weighted by Gasteiger charge is -1.96. The maximum Gasteiger partial charge on any atom is 0.131 e. The average molecular weight is 140 g/mol. The van der Waals surface area contributed by atoms with Gasteiger partial charge in [0.15, 0.2) is 0 Å². The maximum absolute atomic E-state index is 10.2. The van der Waals surface area contributed by atoms with E-state index < -0.39 is 5.97 Å². The third-order valence-corrected chi connectivity index (χ3v) is 1.30. The molecule has 0 radical (unpaired) electrons. The number of carbonyl (C=O) groups excluding carboxylic acids is 1. The average Bonchev–Trinajstić information content (AvgIpc) is 2.14. The standard InChI is InChI=1S/C5H7N3O2/c1-3-4(5(9)10)6-7-8(3)2/h1-2H3,(H,9,10)/p-1. The highest BCUT2D eigenvalue weighted by atomic mass is 16.4. The van der Waals surface area contributed by atoms with Crippen LogP contribution in [-0.2, 0) is 7.05 Å². The summed E-state index contributed by atoms with van der Waals surface area (Å²) in [7, 11) is 1.62. The van der Waals surface area contributed by atoms with Crippen molar-refractivity contribution < 1.29 is 9.90 Å². The normalized spacial score (nSPS) is 9.80. The van der Waals surface area contributed by atoms with E-state index in [0.717, 1.165) is 0 Å². The first kappa shape index (κ1) is 6.73. The van der Waals surface area contributed by atoms with Crippen LogP contribution in [0, 0.1) is 6.92 Å². The smallest absolute Gasteiger partial charge is 0.131 e. The summed E-state index contributed by atoms with van der Waals surface area (Å²) in [6, 6.07) is 0. The van der Waals surface area contributed by atoms with Gasteiger partial charge in [-0.1, -0.05) is 5.21 Å². The Morgan fingerprint density at radius 3 is 2.50 bits per heavy atom. The Kier molecular flexibility index (Phi) is 1.41. The van der Waals surface area contributed by atoms with Gasteiger partial charge in [-0.05, 0) is 6.92 Å². The van der Waals surface area contributed by atoms with E-state index in [1.54, 1.807) is 14.0 Å². The third-order valence-electron chi connectivity index (χ3n) is 1.30. The minimum Gasteiger partial charge on any atom is -0.543 e. The van der Waals surface area contributed by atoms with Crippen LogP contribution in [0.3, 0.4) is 0 Å². The number of aryl methyl sites for hydroxylation is 1. The molecule has 0 bridgehead atoms. The van der Waals surface area contributed by atoms with Gasteiger partial charge in [0.1, 0.15) is 5.69 Å². The van der Waals surface area contributed by atoms with Gasteiger partial charge in [-0.25, -0.2) is 0 Å². The van der Waals surface area contributed by atoms with Crippen LogP contribution in [0.5, 0.6) is 0 Å². The van der Waals surface area contributed by atoms with Crippen LogP contribution in [-0.4, -0.2) is 21.0 Å². The second-order valence-electron chi connectivity index (χ2n) is 1.93. The Morgan fingerprint density at radius 1 is 1.70 bits per heavy atom. The zero-order valence-electron chi connectivity index (χ0n) is 5.66. The number of carboxylic acids is 1. The van der Waals surface area contributed by atoms with E-state index in [-0.39, 0.29) is 5.69 Å². The van der Waals surface area contributed by atoms with Crippen LogP contribution in [0.25, 0.3) is 0 Å². The minimum atomic E-state index is -1.29. The molecule has 1 rings (SSSR count). The molecule has 0 N–H and O–H groups in total. The highest BCUT2D eigenvalue weighted by Gasteiger charge is 2.04. The molecule has 1 aromatic heterocycles. The Balaban J connectivity index is 3.17. The van der Waals surface area contributed by atoms with Gasteiger partial charge in [-0.15, -0.1) is 5.10 Å². The highest BCUT2D eigenvalue weighted by molar-refractivity contribution is 5.84. The van der Waals surface area contributed by atoms with Gasteiger partial charge < -0.3 is 9.90 Å². The number of aromatic carboxylic acids is 1. The summed E-state index contributed by atoms with van der Waals surface area (Å²) in [4.78, 5) is 10.2. The molecule has 0 saturated carbocycles. The summed E-state index contributed by atoms with van der Waals surface area (Å²) >= 11 is 0. The van der Waals surface area contributed by atoms with Gasteiger partial charge in [-0.2, -0.15) is 0 Å². The van der Waals surface area contributed by atoms with Crippen LogP contribution < -0.4 is 5.11 Å². The summed E-state index contributed by atoms with van der Waals surface area (Å²) in [6.07, 6.45) is 0. The second kappa shape index (κ2) is 2.09. The predicted molar refractivity (Wildman–Crippen MR) is 30.1 cm³/mol. The van der Waals surface area contributed by atoms with Crippen LogP contribution >= 0.6 is 0 Å². The van der Waals surface area contributed by atoms with Crippen molar-refractivity contribution in [1.29, 1.82) is 0 Å². The van der Waals surface area contributed by atoms with Crippen molar-refractivity contribution in [3.63, 3.8) is 0 Å². The number of carbonyl (C=O) groups is 1. The molecule has 0 aliphatic rings. The van der Waals surface area contributed by atoms with Gasteiger partial charge in [0.2, 0.25) is 0 Å². The van der Waals surface area contributed by atoms with Crippen LogP contribution in [0.4, 0.5) is 0 Å². The van der Waals surface area contributed by atoms with Gasteiger partial charge >= 0.3 is 0 Å². The van der Waals surface area contributed by atoms with E-state index in [1.165, 1.54) is 4.68 Å². The topological polar surface area (TPSA) is 70.8 Å². The fourth-order valence-corrected chi connectivity index (χ4v) is 0.593. The molecule has 5 heteroatoms. The number of carboxylic acid groups (broad SMARTS) is 1. The van der Waals surface area contributed by atoms with Crippen molar-refractivity contribution in [2.45, 2.75) is 6.92 Å². The summed E-state index contributed by atoms with van der Waals surface area (Å²) in [5.74, 6) is -1.29. The molecule has 1 heterocycles.